The van der Waals surface area contributed by atoms with E-state index in [-0.39, 0.29) is 11.3 Å². The molecule has 1 aliphatic rings. The number of ether oxygens (including phenoxy) is 1. The Bertz CT molecular complexity index is 462. The number of carbonyl (C=O) groups is 1. The SMILES string of the molecule is CCCC1(C(=O)NCc2ccccc2OC)CCCNC1. The first-order chi connectivity index (χ1) is 10.2. The molecule has 1 saturated heterocycles. The summed E-state index contributed by atoms with van der Waals surface area (Å²) in [5, 5.41) is 6.49. The van der Waals surface area contributed by atoms with E-state index in [9.17, 15) is 4.79 Å². The zero-order valence-electron chi connectivity index (χ0n) is 13.1. The van der Waals surface area contributed by atoms with Gasteiger partial charge in [0.25, 0.3) is 0 Å². The molecule has 0 radical (unpaired) electrons. The fraction of sp³-hybridized carbons (Fsp3) is 0.588. The van der Waals surface area contributed by atoms with Gasteiger partial charge in [-0.15, -0.1) is 0 Å². The van der Waals surface area contributed by atoms with Crippen molar-refractivity contribution < 1.29 is 9.53 Å². The lowest BCUT2D eigenvalue weighted by Crippen LogP contribution is -2.50. The molecule has 0 saturated carbocycles. The Morgan fingerprint density at radius 1 is 1.43 bits per heavy atom. The average molecular weight is 290 g/mol. The molecular weight excluding hydrogens is 264 g/mol. The molecule has 1 unspecified atom stereocenters. The number of hydrogen-bond acceptors (Lipinski definition) is 3. The summed E-state index contributed by atoms with van der Waals surface area (Å²) in [5.41, 5.74) is 0.776. The maximum Gasteiger partial charge on any atom is 0.227 e. The van der Waals surface area contributed by atoms with Crippen LogP contribution in [0.2, 0.25) is 0 Å². The number of nitrogens with one attached hydrogen (secondary N) is 2. The van der Waals surface area contributed by atoms with Crippen molar-refractivity contribution in [2.24, 2.45) is 5.41 Å². The van der Waals surface area contributed by atoms with Crippen LogP contribution in [0.3, 0.4) is 0 Å². The minimum atomic E-state index is -0.241. The quantitative estimate of drug-likeness (QED) is 0.846. The summed E-state index contributed by atoms with van der Waals surface area (Å²) >= 11 is 0. The average Bonchev–Trinajstić information content (AvgIpc) is 2.54. The Labute approximate surface area is 127 Å². The monoisotopic (exact) mass is 290 g/mol. The highest BCUT2D eigenvalue weighted by Crippen LogP contribution is 2.32. The number of methoxy groups -OCH3 is 1. The lowest BCUT2D eigenvalue weighted by molar-refractivity contribution is -0.132. The molecule has 21 heavy (non-hydrogen) atoms. The van der Waals surface area contributed by atoms with Crippen molar-refractivity contribution in [2.75, 3.05) is 20.2 Å². The molecule has 1 heterocycles. The Kier molecular flexibility index (Phi) is 5.62. The Morgan fingerprint density at radius 3 is 2.90 bits per heavy atom. The summed E-state index contributed by atoms with van der Waals surface area (Å²) in [6.45, 7) is 4.47. The molecule has 0 bridgehead atoms. The van der Waals surface area contributed by atoms with Gasteiger partial charge in [-0.2, -0.15) is 0 Å². The van der Waals surface area contributed by atoms with E-state index in [2.05, 4.69) is 17.6 Å². The van der Waals surface area contributed by atoms with E-state index in [1.807, 2.05) is 24.3 Å². The third-order valence-corrected chi connectivity index (χ3v) is 4.31. The molecule has 1 aromatic carbocycles. The first-order valence-corrected chi connectivity index (χ1v) is 7.83. The standard InChI is InChI=1S/C17H26N2O2/c1-3-9-17(10-6-11-18-13-17)16(20)19-12-14-7-4-5-8-15(14)21-2/h4-5,7-8,18H,3,6,9-13H2,1-2H3,(H,19,20). The zero-order chi connectivity index (χ0) is 15.1. The summed E-state index contributed by atoms with van der Waals surface area (Å²) in [7, 11) is 1.66. The molecule has 1 aliphatic heterocycles. The predicted molar refractivity (Wildman–Crippen MR) is 84.3 cm³/mol. The summed E-state index contributed by atoms with van der Waals surface area (Å²) in [5.74, 6) is 0.992. The maximum absolute atomic E-state index is 12.7. The van der Waals surface area contributed by atoms with Gasteiger partial charge in [-0.3, -0.25) is 4.79 Å². The van der Waals surface area contributed by atoms with Crippen LogP contribution in [0.1, 0.15) is 38.2 Å². The van der Waals surface area contributed by atoms with E-state index in [1.54, 1.807) is 7.11 Å². The highest BCUT2D eigenvalue weighted by Gasteiger charge is 2.38. The topological polar surface area (TPSA) is 50.4 Å². The number of amides is 1. The van der Waals surface area contributed by atoms with Crippen molar-refractivity contribution >= 4 is 5.91 Å². The second kappa shape index (κ2) is 7.46. The van der Waals surface area contributed by atoms with Crippen molar-refractivity contribution in [1.82, 2.24) is 10.6 Å². The van der Waals surface area contributed by atoms with Crippen LogP contribution in [0.15, 0.2) is 24.3 Å². The minimum absolute atomic E-state index is 0.169. The van der Waals surface area contributed by atoms with Gasteiger partial charge in [0.2, 0.25) is 5.91 Å². The molecule has 0 spiro atoms. The first-order valence-electron chi connectivity index (χ1n) is 7.83. The van der Waals surface area contributed by atoms with E-state index in [0.29, 0.717) is 6.54 Å². The van der Waals surface area contributed by atoms with E-state index < -0.39 is 0 Å². The van der Waals surface area contributed by atoms with Gasteiger partial charge in [0.1, 0.15) is 5.75 Å². The third kappa shape index (κ3) is 3.76. The zero-order valence-corrected chi connectivity index (χ0v) is 13.1. The van der Waals surface area contributed by atoms with Crippen LogP contribution in [-0.2, 0) is 11.3 Å². The first kappa shape index (κ1) is 15.8. The van der Waals surface area contributed by atoms with Crippen LogP contribution in [0.25, 0.3) is 0 Å². The fourth-order valence-corrected chi connectivity index (χ4v) is 3.18. The number of rotatable bonds is 6. The highest BCUT2D eigenvalue weighted by molar-refractivity contribution is 5.83. The predicted octanol–water partition coefficient (Wildman–Crippen LogP) is 2.48. The molecule has 0 aliphatic carbocycles. The van der Waals surface area contributed by atoms with Crippen LogP contribution in [-0.4, -0.2) is 26.1 Å². The number of hydrogen-bond donors (Lipinski definition) is 2. The molecule has 4 heteroatoms. The van der Waals surface area contributed by atoms with Crippen molar-refractivity contribution in [3.05, 3.63) is 29.8 Å². The normalized spacial score (nSPS) is 21.8. The van der Waals surface area contributed by atoms with Crippen molar-refractivity contribution in [1.29, 1.82) is 0 Å². The van der Waals surface area contributed by atoms with Gasteiger partial charge in [-0.05, 0) is 31.9 Å². The highest BCUT2D eigenvalue weighted by atomic mass is 16.5. The van der Waals surface area contributed by atoms with Crippen LogP contribution >= 0.6 is 0 Å². The molecule has 2 N–H and O–H groups in total. The molecule has 2 rings (SSSR count). The second-order valence-electron chi connectivity index (χ2n) is 5.81. The fourth-order valence-electron chi connectivity index (χ4n) is 3.18. The Hall–Kier alpha value is -1.55. The number of carbonyl (C=O) groups excluding carboxylic acids is 1. The van der Waals surface area contributed by atoms with E-state index >= 15 is 0 Å². The van der Waals surface area contributed by atoms with E-state index in [1.165, 1.54) is 0 Å². The van der Waals surface area contributed by atoms with Gasteiger partial charge < -0.3 is 15.4 Å². The van der Waals surface area contributed by atoms with E-state index in [4.69, 9.17) is 4.74 Å². The van der Waals surface area contributed by atoms with Gasteiger partial charge in [-0.1, -0.05) is 31.5 Å². The largest absolute Gasteiger partial charge is 0.496 e. The van der Waals surface area contributed by atoms with Crippen LogP contribution in [0, 0.1) is 5.41 Å². The third-order valence-electron chi connectivity index (χ3n) is 4.31. The van der Waals surface area contributed by atoms with Crippen LogP contribution < -0.4 is 15.4 Å². The van der Waals surface area contributed by atoms with Crippen LogP contribution in [0.4, 0.5) is 0 Å². The van der Waals surface area contributed by atoms with Crippen LogP contribution in [0.5, 0.6) is 5.75 Å². The van der Waals surface area contributed by atoms with Gasteiger partial charge >= 0.3 is 0 Å². The molecule has 1 atom stereocenters. The molecule has 1 aromatic rings. The Morgan fingerprint density at radius 2 is 2.24 bits per heavy atom. The Balaban J connectivity index is 2.02. The summed E-state index contributed by atoms with van der Waals surface area (Å²) < 4.78 is 5.33. The summed E-state index contributed by atoms with van der Waals surface area (Å²) in [6, 6.07) is 7.82. The molecule has 1 amide bonds. The van der Waals surface area contributed by atoms with Crippen molar-refractivity contribution in [3.8, 4) is 5.75 Å². The summed E-state index contributed by atoms with van der Waals surface area (Å²) in [4.78, 5) is 12.7. The number of benzene rings is 1. The molecule has 0 aromatic heterocycles. The number of para-hydroxylation sites is 1. The molecular formula is C17H26N2O2. The smallest absolute Gasteiger partial charge is 0.227 e. The van der Waals surface area contributed by atoms with Crippen molar-refractivity contribution in [2.45, 2.75) is 39.2 Å². The van der Waals surface area contributed by atoms with Gasteiger partial charge in [0.15, 0.2) is 0 Å². The lowest BCUT2D eigenvalue weighted by atomic mass is 9.76. The molecule has 116 valence electrons. The molecule has 4 nitrogen and oxygen atoms in total. The van der Waals surface area contributed by atoms with Gasteiger partial charge in [0.05, 0.1) is 12.5 Å². The summed E-state index contributed by atoms with van der Waals surface area (Å²) in [6.07, 6.45) is 4.02. The molecule has 1 fully saturated rings. The minimum Gasteiger partial charge on any atom is -0.496 e. The second-order valence-corrected chi connectivity index (χ2v) is 5.81. The van der Waals surface area contributed by atoms with E-state index in [0.717, 1.165) is 50.1 Å². The lowest BCUT2D eigenvalue weighted by Gasteiger charge is -2.36. The van der Waals surface area contributed by atoms with Gasteiger partial charge in [-0.25, -0.2) is 0 Å². The number of piperidine rings is 1. The maximum atomic E-state index is 12.7. The van der Waals surface area contributed by atoms with Gasteiger partial charge in [0, 0.05) is 18.7 Å². The van der Waals surface area contributed by atoms with Crippen molar-refractivity contribution in [3.63, 3.8) is 0 Å².